The zero-order valence-corrected chi connectivity index (χ0v) is 12.8. The highest BCUT2D eigenvalue weighted by molar-refractivity contribution is 5.70. The van der Waals surface area contributed by atoms with Crippen molar-refractivity contribution in [2.24, 2.45) is 11.3 Å². The fourth-order valence-electron chi connectivity index (χ4n) is 3.39. The summed E-state index contributed by atoms with van der Waals surface area (Å²) in [5, 5.41) is 0. The number of carbonyl (C=O) groups excluding carboxylic acids is 1. The van der Waals surface area contributed by atoms with Gasteiger partial charge >= 0.3 is 5.97 Å². The first-order valence-electron chi connectivity index (χ1n) is 7.76. The Morgan fingerprint density at radius 3 is 2.74 bits per heavy atom. The van der Waals surface area contributed by atoms with Gasteiger partial charge in [0.2, 0.25) is 0 Å². The van der Waals surface area contributed by atoms with E-state index in [4.69, 9.17) is 9.47 Å². The molecule has 0 N–H and O–H groups in total. The highest BCUT2D eigenvalue weighted by atomic mass is 16.6. The molecule has 2 fully saturated rings. The Kier molecular flexibility index (Phi) is 4.54. The van der Waals surface area contributed by atoms with Gasteiger partial charge < -0.3 is 9.47 Å². The molecule has 110 valence electrons. The maximum absolute atomic E-state index is 11.9. The van der Waals surface area contributed by atoms with E-state index in [-0.39, 0.29) is 24.3 Å². The van der Waals surface area contributed by atoms with Crippen molar-refractivity contribution < 1.29 is 14.3 Å². The monoisotopic (exact) mass is 268 g/mol. The number of hydrogen-bond donors (Lipinski definition) is 0. The first-order valence-corrected chi connectivity index (χ1v) is 7.76. The van der Waals surface area contributed by atoms with Crippen molar-refractivity contribution in [1.29, 1.82) is 0 Å². The molecule has 1 aliphatic heterocycles. The van der Waals surface area contributed by atoms with Crippen LogP contribution in [-0.2, 0) is 14.3 Å². The van der Waals surface area contributed by atoms with Gasteiger partial charge in [-0.1, -0.05) is 27.2 Å². The summed E-state index contributed by atoms with van der Waals surface area (Å²) in [6, 6.07) is 0. The molecular formula is C16H28O3. The van der Waals surface area contributed by atoms with E-state index >= 15 is 0 Å². The highest BCUT2D eigenvalue weighted by Crippen LogP contribution is 2.40. The number of hydrogen-bond acceptors (Lipinski definition) is 3. The van der Waals surface area contributed by atoms with Gasteiger partial charge in [0.1, 0.15) is 6.10 Å². The van der Waals surface area contributed by atoms with Crippen LogP contribution >= 0.6 is 0 Å². The lowest BCUT2D eigenvalue weighted by molar-refractivity contribution is -0.152. The van der Waals surface area contributed by atoms with Gasteiger partial charge in [-0.15, -0.1) is 0 Å². The molecule has 1 heterocycles. The number of rotatable bonds is 5. The van der Waals surface area contributed by atoms with Crippen molar-refractivity contribution in [2.75, 3.05) is 0 Å². The third kappa shape index (κ3) is 4.20. The maximum Gasteiger partial charge on any atom is 0.308 e. The van der Waals surface area contributed by atoms with Crippen LogP contribution < -0.4 is 0 Å². The van der Waals surface area contributed by atoms with Crippen molar-refractivity contribution in [3.05, 3.63) is 0 Å². The fourth-order valence-corrected chi connectivity index (χ4v) is 3.39. The normalized spacial score (nSPS) is 34.6. The first-order chi connectivity index (χ1) is 8.91. The van der Waals surface area contributed by atoms with E-state index in [0.29, 0.717) is 17.8 Å². The SMILES string of the molecule is CC[C@H]1O[C@H]1CC(=O)O[C@H](C)C1CCCC(C)(C)C1. The smallest absolute Gasteiger partial charge is 0.308 e. The van der Waals surface area contributed by atoms with Crippen LogP contribution in [0.25, 0.3) is 0 Å². The molecule has 0 aromatic heterocycles. The molecule has 1 aliphatic carbocycles. The summed E-state index contributed by atoms with van der Waals surface area (Å²) in [6.45, 7) is 8.77. The van der Waals surface area contributed by atoms with Crippen LogP contribution in [0, 0.1) is 11.3 Å². The summed E-state index contributed by atoms with van der Waals surface area (Å²) in [5.41, 5.74) is 0.399. The second-order valence-electron chi connectivity index (χ2n) is 7.04. The quantitative estimate of drug-likeness (QED) is 0.563. The third-order valence-corrected chi connectivity index (χ3v) is 4.68. The van der Waals surface area contributed by atoms with E-state index in [1.54, 1.807) is 0 Å². The Balaban J connectivity index is 1.74. The van der Waals surface area contributed by atoms with E-state index in [9.17, 15) is 4.79 Å². The average molecular weight is 268 g/mol. The second-order valence-corrected chi connectivity index (χ2v) is 7.04. The highest BCUT2D eigenvalue weighted by Gasteiger charge is 2.40. The molecule has 0 aromatic carbocycles. The lowest BCUT2D eigenvalue weighted by Crippen LogP contribution is -2.32. The zero-order valence-electron chi connectivity index (χ0n) is 12.8. The Morgan fingerprint density at radius 1 is 1.42 bits per heavy atom. The standard InChI is InChI=1S/C16H28O3/c1-5-13-14(19-13)9-15(17)18-11(2)12-7-6-8-16(3,4)10-12/h11-14H,5-10H2,1-4H3/t11-,12?,13-,14+/m1/s1. The summed E-state index contributed by atoms with van der Waals surface area (Å²) in [5.74, 6) is 0.437. The van der Waals surface area contributed by atoms with Crippen molar-refractivity contribution in [2.45, 2.75) is 84.5 Å². The molecular weight excluding hydrogens is 240 g/mol. The largest absolute Gasteiger partial charge is 0.462 e. The minimum absolute atomic E-state index is 0.0471. The van der Waals surface area contributed by atoms with Crippen LogP contribution in [0.15, 0.2) is 0 Å². The molecule has 0 radical (unpaired) electrons. The van der Waals surface area contributed by atoms with Gasteiger partial charge in [-0.3, -0.25) is 4.79 Å². The summed E-state index contributed by atoms with van der Waals surface area (Å²) in [7, 11) is 0. The van der Waals surface area contributed by atoms with Gasteiger partial charge in [0.25, 0.3) is 0 Å². The first kappa shape index (κ1) is 14.8. The molecule has 3 heteroatoms. The number of carbonyl (C=O) groups is 1. The minimum Gasteiger partial charge on any atom is -0.462 e. The van der Waals surface area contributed by atoms with Crippen LogP contribution in [0.5, 0.6) is 0 Å². The van der Waals surface area contributed by atoms with Crippen LogP contribution in [0.4, 0.5) is 0 Å². The molecule has 1 saturated heterocycles. The van der Waals surface area contributed by atoms with Gasteiger partial charge in [0.15, 0.2) is 0 Å². The Hall–Kier alpha value is -0.570. The fraction of sp³-hybridized carbons (Fsp3) is 0.938. The minimum atomic E-state index is -0.0863. The summed E-state index contributed by atoms with van der Waals surface area (Å²) in [6.07, 6.45) is 6.77. The van der Waals surface area contributed by atoms with Crippen LogP contribution in [0.3, 0.4) is 0 Å². The Labute approximate surface area is 117 Å². The van der Waals surface area contributed by atoms with E-state index < -0.39 is 0 Å². The number of ether oxygens (including phenoxy) is 2. The van der Waals surface area contributed by atoms with Crippen LogP contribution in [0.2, 0.25) is 0 Å². The molecule has 1 unspecified atom stereocenters. The van der Waals surface area contributed by atoms with Gasteiger partial charge in [-0.2, -0.15) is 0 Å². The summed E-state index contributed by atoms with van der Waals surface area (Å²) in [4.78, 5) is 11.9. The van der Waals surface area contributed by atoms with Crippen LogP contribution in [0.1, 0.15) is 66.2 Å². The topological polar surface area (TPSA) is 38.8 Å². The maximum atomic E-state index is 11.9. The van der Waals surface area contributed by atoms with E-state index in [1.807, 2.05) is 0 Å². The van der Waals surface area contributed by atoms with Crippen molar-refractivity contribution >= 4 is 5.97 Å². The lowest BCUT2D eigenvalue weighted by atomic mass is 9.71. The molecule has 0 bridgehead atoms. The molecule has 2 rings (SSSR count). The molecule has 0 amide bonds. The second kappa shape index (κ2) is 5.82. The summed E-state index contributed by atoms with van der Waals surface area (Å²) < 4.78 is 11.0. The average Bonchev–Trinajstić information content (AvgIpc) is 3.05. The van der Waals surface area contributed by atoms with Crippen molar-refractivity contribution in [3.63, 3.8) is 0 Å². The molecule has 19 heavy (non-hydrogen) atoms. The predicted octanol–water partition coefficient (Wildman–Crippen LogP) is 3.70. The van der Waals surface area contributed by atoms with Crippen molar-refractivity contribution in [1.82, 2.24) is 0 Å². The predicted molar refractivity (Wildman–Crippen MR) is 74.9 cm³/mol. The lowest BCUT2D eigenvalue weighted by Gasteiger charge is -2.37. The molecule has 0 spiro atoms. The number of epoxide rings is 1. The zero-order chi connectivity index (χ0) is 14.0. The van der Waals surface area contributed by atoms with Crippen molar-refractivity contribution in [3.8, 4) is 0 Å². The van der Waals surface area contributed by atoms with Gasteiger partial charge in [0.05, 0.1) is 18.6 Å². The Morgan fingerprint density at radius 2 is 2.16 bits per heavy atom. The van der Waals surface area contributed by atoms with Gasteiger partial charge in [-0.25, -0.2) is 0 Å². The molecule has 4 atom stereocenters. The van der Waals surface area contributed by atoms with Crippen LogP contribution in [-0.4, -0.2) is 24.3 Å². The third-order valence-electron chi connectivity index (χ3n) is 4.68. The molecule has 0 aromatic rings. The van der Waals surface area contributed by atoms with Gasteiger partial charge in [0, 0.05) is 0 Å². The van der Waals surface area contributed by atoms with E-state index in [1.165, 1.54) is 25.7 Å². The molecule has 1 saturated carbocycles. The molecule has 2 aliphatic rings. The molecule has 3 nitrogen and oxygen atoms in total. The Bertz CT molecular complexity index is 324. The summed E-state index contributed by atoms with van der Waals surface area (Å²) >= 11 is 0. The van der Waals surface area contributed by atoms with E-state index in [2.05, 4.69) is 27.7 Å². The van der Waals surface area contributed by atoms with Gasteiger partial charge in [-0.05, 0) is 43.9 Å². The number of esters is 1. The van der Waals surface area contributed by atoms with E-state index in [0.717, 1.165) is 6.42 Å².